The van der Waals surface area contributed by atoms with Crippen LogP contribution in [0.2, 0.25) is 10.0 Å². The number of primary amides is 1. The molecule has 1 rings (SSSR count). The average Bonchev–Trinajstić information content (AvgIpc) is 2.10. The summed E-state index contributed by atoms with van der Waals surface area (Å²) in [6.07, 6.45) is 0.140. The molecule has 2 amide bonds. The standard InChI is InChI=1S/C9H9Cl2N3O/c10-6-2-1-3-7(11)5(6)4-8(12)14-9(13)15/h1-3H,4H2,(H4,12,13,14,15). The number of hydrogen-bond donors (Lipinski definition) is 3. The van der Waals surface area contributed by atoms with Crippen molar-refractivity contribution in [1.82, 2.24) is 5.32 Å². The molecule has 0 saturated heterocycles. The molecule has 0 unspecified atom stereocenters. The molecule has 0 saturated carbocycles. The molecule has 4 N–H and O–H groups in total. The van der Waals surface area contributed by atoms with E-state index in [1.165, 1.54) is 0 Å². The number of nitrogens with two attached hydrogens (primary N) is 1. The number of amides is 2. The first-order valence-electron chi connectivity index (χ1n) is 4.07. The van der Waals surface area contributed by atoms with Crippen molar-refractivity contribution in [3.05, 3.63) is 33.8 Å². The van der Waals surface area contributed by atoms with Crippen molar-refractivity contribution in [3.63, 3.8) is 0 Å². The molecule has 0 aliphatic heterocycles. The lowest BCUT2D eigenvalue weighted by Crippen LogP contribution is -2.35. The topological polar surface area (TPSA) is 79.0 Å². The highest BCUT2D eigenvalue weighted by Crippen LogP contribution is 2.24. The Kier molecular flexibility index (Phi) is 3.94. The third-order valence-corrected chi connectivity index (χ3v) is 2.40. The van der Waals surface area contributed by atoms with Gasteiger partial charge in [-0.1, -0.05) is 29.3 Å². The molecule has 0 aromatic heterocycles. The molecule has 0 atom stereocenters. The van der Waals surface area contributed by atoms with E-state index in [-0.39, 0.29) is 12.3 Å². The lowest BCUT2D eigenvalue weighted by Gasteiger charge is -2.07. The van der Waals surface area contributed by atoms with Crippen LogP contribution in [0.3, 0.4) is 0 Å². The van der Waals surface area contributed by atoms with Crippen LogP contribution < -0.4 is 11.1 Å². The molecule has 0 spiro atoms. The van der Waals surface area contributed by atoms with Crippen LogP contribution in [0.15, 0.2) is 18.2 Å². The summed E-state index contributed by atoms with van der Waals surface area (Å²) in [4.78, 5) is 10.5. The minimum atomic E-state index is -0.775. The summed E-state index contributed by atoms with van der Waals surface area (Å²) >= 11 is 11.8. The Morgan fingerprint density at radius 3 is 2.40 bits per heavy atom. The highest BCUT2D eigenvalue weighted by atomic mass is 35.5. The van der Waals surface area contributed by atoms with E-state index in [0.29, 0.717) is 15.6 Å². The fourth-order valence-electron chi connectivity index (χ4n) is 1.07. The summed E-state index contributed by atoms with van der Waals surface area (Å²) in [7, 11) is 0. The van der Waals surface area contributed by atoms with Crippen LogP contribution in [0.5, 0.6) is 0 Å². The summed E-state index contributed by atoms with van der Waals surface area (Å²) in [6, 6.07) is 4.27. The van der Waals surface area contributed by atoms with Gasteiger partial charge in [0.2, 0.25) is 0 Å². The molecule has 0 aliphatic rings. The Morgan fingerprint density at radius 2 is 1.93 bits per heavy atom. The van der Waals surface area contributed by atoms with Crippen LogP contribution in [0.1, 0.15) is 5.56 Å². The maximum atomic E-state index is 10.5. The normalized spacial score (nSPS) is 9.73. The van der Waals surface area contributed by atoms with Crippen LogP contribution in [0.25, 0.3) is 0 Å². The van der Waals surface area contributed by atoms with E-state index in [4.69, 9.17) is 34.3 Å². The lowest BCUT2D eigenvalue weighted by atomic mass is 10.1. The fourth-order valence-corrected chi connectivity index (χ4v) is 1.60. The molecule has 0 fully saturated rings. The Bertz CT molecular complexity index is 386. The maximum absolute atomic E-state index is 10.5. The van der Waals surface area contributed by atoms with Gasteiger partial charge < -0.3 is 5.73 Å². The van der Waals surface area contributed by atoms with Gasteiger partial charge in [-0.25, -0.2) is 4.79 Å². The number of halogens is 2. The SMILES string of the molecule is N=C(Cc1c(Cl)cccc1Cl)NC(N)=O. The van der Waals surface area contributed by atoms with Gasteiger partial charge in [-0.3, -0.25) is 10.7 Å². The number of hydrogen-bond acceptors (Lipinski definition) is 2. The van der Waals surface area contributed by atoms with Gasteiger partial charge in [0.15, 0.2) is 0 Å². The predicted molar refractivity (Wildman–Crippen MR) is 60.6 cm³/mol. The Balaban J connectivity index is 2.80. The van der Waals surface area contributed by atoms with E-state index < -0.39 is 6.03 Å². The van der Waals surface area contributed by atoms with Gasteiger partial charge in [-0.05, 0) is 17.7 Å². The van der Waals surface area contributed by atoms with Crippen molar-refractivity contribution in [2.45, 2.75) is 6.42 Å². The molecule has 15 heavy (non-hydrogen) atoms. The number of carbonyl (C=O) groups excluding carboxylic acids is 1. The number of urea groups is 1. The Labute approximate surface area is 96.9 Å². The molecular weight excluding hydrogens is 237 g/mol. The van der Waals surface area contributed by atoms with Crippen molar-refractivity contribution in [2.75, 3.05) is 0 Å². The third kappa shape index (κ3) is 3.42. The van der Waals surface area contributed by atoms with E-state index in [0.717, 1.165) is 0 Å². The Hall–Kier alpha value is -1.26. The zero-order chi connectivity index (χ0) is 11.4. The Morgan fingerprint density at radius 1 is 1.40 bits per heavy atom. The summed E-state index contributed by atoms with van der Waals surface area (Å²) in [5, 5.41) is 10.5. The van der Waals surface area contributed by atoms with Crippen molar-refractivity contribution in [2.24, 2.45) is 5.73 Å². The van der Waals surface area contributed by atoms with Crippen LogP contribution in [0, 0.1) is 5.41 Å². The molecule has 80 valence electrons. The summed E-state index contributed by atoms with van der Waals surface area (Å²) in [6.45, 7) is 0. The molecule has 1 aromatic carbocycles. The number of carbonyl (C=O) groups is 1. The van der Waals surface area contributed by atoms with Crippen LogP contribution in [0.4, 0.5) is 4.79 Å². The van der Waals surface area contributed by atoms with Gasteiger partial charge >= 0.3 is 6.03 Å². The summed E-state index contributed by atoms with van der Waals surface area (Å²) in [5.74, 6) is -0.0440. The first-order valence-corrected chi connectivity index (χ1v) is 4.83. The first-order chi connectivity index (χ1) is 7.00. The number of benzene rings is 1. The van der Waals surface area contributed by atoms with Gasteiger partial charge in [0.25, 0.3) is 0 Å². The predicted octanol–water partition coefficient (Wildman–Crippen LogP) is 2.18. The lowest BCUT2D eigenvalue weighted by molar-refractivity contribution is 0.253. The van der Waals surface area contributed by atoms with Gasteiger partial charge in [-0.15, -0.1) is 0 Å². The second-order valence-electron chi connectivity index (χ2n) is 2.84. The average molecular weight is 246 g/mol. The van der Waals surface area contributed by atoms with E-state index in [2.05, 4.69) is 5.32 Å². The third-order valence-electron chi connectivity index (χ3n) is 1.69. The van der Waals surface area contributed by atoms with Crippen LogP contribution in [-0.2, 0) is 6.42 Å². The molecule has 1 aromatic rings. The van der Waals surface area contributed by atoms with E-state index in [1.807, 2.05) is 0 Å². The van der Waals surface area contributed by atoms with Crippen LogP contribution >= 0.6 is 23.2 Å². The highest BCUT2D eigenvalue weighted by molar-refractivity contribution is 6.36. The summed E-state index contributed by atoms with van der Waals surface area (Å²) in [5.41, 5.74) is 5.46. The molecule has 4 nitrogen and oxygen atoms in total. The van der Waals surface area contributed by atoms with Crippen molar-refractivity contribution in [3.8, 4) is 0 Å². The highest BCUT2D eigenvalue weighted by Gasteiger charge is 2.08. The largest absolute Gasteiger partial charge is 0.351 e. The van der Waals surface area contributed by atoms with Crippen molar-refractivity contribution >= 4 is 35.1 Å². The monoisotopic (exact) mass is 245 g/mol. The second kappa shape index (κ2) is 5.00. The zero-order valence-corrected chi connectivity index (χ0v) is 9.19. The smallest absolute Gasteiger partial charge is 0.317 e. The van der Waals surface area contributed by atoms with Gasteiger partial charge in [0, 0.05) is 16.5 Å². The van der Waals surface area contributed by atoms with Crippen molar-refractivity contribution < 1.29 is 4.79 Å². The molecular formula is C9H9Cl2N3O. The molecule has 0 aliphatic carbocycles. The van der Waals surface area contributed by atoms with Gasteiger partial charge in [-0.2, -0.15) is 0 Å². The molecule has 0 radical (unpaired) electrons. The molecule has 0 heterocycles. The second-order valence-corrected chi connectivity index (χ2v) is 3.66. The molecule has 6 heteroatoms. The van der Waals surface area contributed by atoms with E-state index in [1.54, 1.807) is 18.2 Å². The van der Waals surface area contributed by atoms with Gasteiger partial charge in [0.05, 0.1) is 0 Å². The quantitative estimate of drug-likeness (QED) is 0.542. The number of amidine groups is 1. The van der Waals surface area contributed by atoms with Crippen LogP contribution in [-0.4, -0.2) is 11.9 Å². The van der Waals surface area contributed by atoms with E-state index in [9.17, 15) is 4.79 Å². The number of rotatable bonds is 2. The minimum Gasteiger partial charge on any atom is -0.351 e. The maximum Gasteiger partial charge on any atom is 0.317 e. The first kappa shape index (κ1) is 11.8. The van der Waals surface area contributed by atoms with Gasteiger partial charge in [0.1, 0.15) is 5.84 Å². The fraction of sp³-hybridized carbons (Fsp3) is 0.111. The summed E-state index contributed by atoms with van der Waals surface area (Å²) < 4.78 is 0. The zero-order valence-electron chi connectivity index (χ0n) is 7.68. The molecule has 0 bridgehead atoms. The minimum absolute atomic E-state index is 0.0440. The van der Waals surface area contributed by atoms with E-state index >= 15 is 0 Å². The van der Waals surface area contributed by atoms with Crippen molar-refractivity contribution in [1.29, 1.82) is 5.41 Å². The number of nitrogens with one attached hydrogen (secondary N) is 2.